The second-order valence-electron chi connectivity index (χ2n) is 4.38. The molecule has 0 spiro atoms. The van der Waals surface area contributed by atoms with Crippen molar-refractivity contribution in [3.63, 3.8) is 0 Å². The zero-order chi connectivity index (χ0) is 10.8. The highest BCUT2D eigenvalue weighted by Gasteiger charge is 2.24. The van der Waals surface area contributed by atoms with Crippen LogP contribution in [-0.4, -0.2) is 23.1 Å². The highest BCUT2D eigenvalue weighted by atomic mass is 35.5. The molecular weight excluding hydrogens is 234 g/mol. The lowest BCUT2D eigenvalue weighted by Crippen LogP contribution is -2.36. The summed E-state index contributed by atoms with van der Waals surface area (Å²) >= 11 is 0. The fourth-order valence-corrected chi connectivity index (χ4v) is 2.48. The summed E-state index contributed by atoms with van der Waals surface area (Å²) in [4.78, 5) is 10.6. The van der Waals surface area contributed by atoms with Gasteiger partial charge in [-0.3, -0.25) is 0 Å². The summed E-state index contributed by atoms with van der Waals surface area (Å²) in [5.74, 6) is 1.81. The van der Waals surface area contributed by atoms with E-state index in [0.717, 1.165) is 24.8 Å². The molecule has 2 heterocycles. The van der Waals surface area contributed by atoms with Gasteiger partial charge in [-0.1, -0.05) is 18.2 Å². The minimum Gasteiger partial charge on any atom is -0.352 e. The molecule has 0 radical (unpaired) electrons. The van der Waals surface area contributed by atoms with Crippen LogP contribution in [-0.2, 0) is 0 Å². The largest absolute Gasteiger partial charge is 0.352 e. The van der Waals surface area contributed by atoms with Crippen LogP contribution in [0.5, 0.6) is 0 Å². The van der Waals surface area contributed by atoms with Gasteiger partial charge in [-0.25, -0.2) is 9.97 Å². The molecule has 4 heteroatoms. The van der Waals surface area contributed by atoms with Crippen LogP contribution in [0.25, 0.3) is 0 Å². The van der Waals surface area contributed by atoms with Gasteiger partial charge in [0.1, 0.15) is 12.1 Å². The van der Waals surface area contributed by atoms with Crippen molar-refractivity contribution in [3.05, 3.63) is 42.4 Å². The van der Waals surface area contributed by atoms with Crippen LogP contribution in [0.2, 0.25) is 0 Å². The molecule has 2 aliphatic rings. The van der Waals surface area contributed by atoms with Crippen molar-refractivity contribution in [2.24, 2.45) is 5.92 Å². The molecule has 1 fully saturated rings. The number of rotatable bonds is 1. The third kappa shape index (κ3) is 2.50. The van der Waals surface area contributed by atoms with Gasteiger partial charge in [-0.15, -0.1) is 12.4 Å². The van der Waals surface area contributed by atoms with Crippen LogP contribution in [0.15, 0.2) is 42.4 Å². The molecule has 0 amide bonds. The molecule has 3 nitrogen and oxygen atoms in total. The quantitative estimate of drug-likeness (QED) is 0.766. The first kappa shape index (κ1) is 12.1. The van der Waals surface area contributed by atoms with Crippen LogP contribution in [0.1, 0.15) is 12.8 Å². The number of hydrogen-bond donors (Lipinski definition) is 0. The van der Waals surface area contributed by atoms with Gasteiger partial charge < -0.3 is 4.90 Å². The molecule has 0 bridgehead atoms. The maximum atomic E-state index is 4.31. The Bertz CT molecular complexity index is 428. The molecule has 0 saturated carbocycles. The first-order valence-electron chi connectivity index (χ1n) is 5.80. The molecule has 0 N–H and O–H groups in total. The average molecular weight is 250 g/mol. The van der Waals surface area contributed by atoms with E-state index >= 15 is 0 Å². The van der Waals surface area contributed by atoms with Gasteiger partial charge >= 0.3 is 0 Å². The number of halogens is 1. The van der Waals surface area contributed by atoms with E-state index in [0.29, 0.717) is 0 Å². The van der Waals surface area contributed by atoms with Crippen molar-refractivity contribution >= 4 is 18.2 Å². The zero-order valence-electron chi connectivity index (χ0n) is 9.62. The number of anilines is 1. The van der Waals surface area contributed by atoms with Crippen molar-refractivity contribution in [2.45, 2.75) is 12.8 Å². The molecule has 90 valence electrons. The molecule has 1 aliphatic carbocycles. The predicted molar refractivity (Wildman–Crippen MR) is 71.4 cm³/mol. The smallest absolute Gasteiger partial charge is 0.132 e. The predicted octanol–water partition coefficient (Wildman–Crippen LogP) is 2.61. The number of allylic oxidation sites excluding steroid dienone is 3. The van der Waals surface area contributed by atoms with Crippen molar-refractivity contribution in [3.8, 4) is 0 Å². The standard InChI is InChI=1S/C13H15N3.ClH/c1-2-4-12-9-16(8-6-11(12)3-1)13-5-7-14-10-15-13;/h1-2,4-5,7,10-11H,3,6,8-9H2;1H. The summed E-state index contributed by atoms with van der Waals surface area (Å²) in [5, 5.41) is 0. The summed E-state index contributed by atoms with van der Waals surface area (Å²) in [6.07, 6.45) is 12.6. The van der Waals surface area contributed by atoms with E-state index < -0.39 is 0 Å². The van der Waals surface area contributed by atoms with E-state index in [9.17, 15) is 0 Å². The SMILES string of the molecule is C1=CCC2CCN(c3ccncn3)CC2=C1.Cl. The van der Waals surface area contributed by atoms with E-state index in [1.807, 2.05) is 12.3 Å². The normalized spacial score (nSPS) is 22.5. The summed E-state index contributed by atoms with van der Waals surface area (Å²) in [6.45, 7) is 2.12. The second kappa shape index (κ2) is 5.32. The van der Waals surface area contributed by atoms with E-state index in [1.165, 1.54) is 12.8 Å². The minimum atomic E-state index is 0. The highest BCUT2D eigenvalue weighted by molar-refractivity contribution is 5.85. The molecule has 17 heavy (non-hydrogen) atoms. The summed E-state index contributed by atoms with van der Waals surface area (Å²) in [6, 6.07) is 1.99. The van der Waals surface area contributed by atoms with Crippen LogP contribution in [0.4, 0.5) is 5.82 Å². The lowest BCUT2D eigenvalue weighted by molar-refractivity contribution is 0.500. The summed E-state index contributed by atoms with van der Waals surface area (Å²) < 4.78 is 0. The molecule has 0 aromatic carbocycles. The van der Waals surface area contributed by atoms with Gasteiger partial charge in [0.25, 0.3) is 0 Å². The molecule has 1 aliphatic heterocycles. The Morgan fingerprint density at radius 2 is 2.29 bits per heavy atom. The molecule has 1 aromatic rings. The number of aromatic nitrogens is 2. The summed E-state index contributed by atoms with van der Waals surface area (Å²) in [5.41, 5.74) is 1.55. The molecule has 1 atom stereocenters. The maximum Gasteiger partial charge on any atom is 0.132 e. The first-order chi connectivity index (χ1) is 7.93. The Labute approximate surface area is 108 Å². The third-order valence-corrected chi connectivity index (χ3v) is 3.40. The zero-order valence-corrected chi connectivity index (χ0v) is 10.4. The monoisotopic (exact) mass is 249 g/mol. The average Bonchev–Trinajstić information content (AvgIpc) is 2.39. The van der Waals surface area contributed by atoms with Gasteiger partial charge in [0.05, 0.1) is 0 Å². The van der Waals surface area contributed by atoms with Gasteiger partial charge in [0.2, 0.25) is 0 Å². The lowest BCUT2D eigenvalue weighted by Gasteiger charge is -2.35. The van der Waals surface area contributed by atoms with Gasteiger partial charge in [-0.05, 0) is 30.4 Å². The Morgan fingerprint density at radius 3 is 3.12 bits per heavy atom. The number of fused-ring (bicyclic) bond motifs is 1. The molecule has 3 rings (SSSR count). The molecule has 1 aromatic heterocycles. The lowest BCUT2D eigenvalue weighted by atomic mass is 9.85. The Morgan fingerprint density at radius 1 is 1.35 bits per heavy atom. The maximum absolute atomic E-state index is 4.31. The van der Waals surface area contributed by atoms with Crippen LogP contribution < -0.4 is 4.90 Å². The first-order valence-corrected chi connectivity index (χ1v) is 5.80. The van der Waals surface area contributed by atoms with E-state index in [2.05, 4.69) is 33.1 Å². The van der Waals surface area contributed by atoms with Gasteiger partial charge in [0, 0.05) is 19.3 Å². The van der Waals surface area contributed by atoms with Crippen LogP contribution in [0.3, 0.4) is 0 Å². The van der Waals surface area contributed by atoms with Crippen molar-refractivity contribution in [1.82, 2.24) is 9.97 Å². The molecule has 1 saturated heterocycles. The van der Waals surface area contributed by atoms with Crippen LogP contribution in [0, 0.1) is 5.92 Å². The number of hydrogen-bond acceptors (Lipinski definition) is 3. The fraction of sp³-hybridized carbons (Fsp3) is 0.385. The van der Waals surface area contributed by atoms with E-state index in [1.54, 1.807) is 11.9 Å². The van der Waals surface area contributed by atoms with Gasteiger partial charge in [-0.2, -0.15) is 0 Å². The molecule has 1 unspecified atom stereocenters. The van der Waals surface area contributed by atoms with Crippen LogP contribution >= 0.6 is 12.4 Å². The summed E-state index contributed by atoms with van der Waals surface area (Å²) in [7, 11) is 0. The Kier molecular flexibility index (Phi) is 3.79. The van der Waals surface area contributed by atoms with E-state index in [-0.39, 0.29) is 12.4 Å². The minimum absolute atomic E-state index is 0. The van der Waals surface area contributed by atoms with Gasteiger partial charge in [0.15, 0.2) is 0 Å². The Hall–Kier alpha value is -1.35. The third-order valence-electron chi connectivity index (χ3n) is 3.40. The second-order valence-corrected chi connectivity index (χ2v) is 4.38. The highest BCUT2D eigenvalue weighted by Crippen LogP contribution is 2.30. The number of piperidine rings is 1. The Balaban J connectivity index is 0.00000108. The topological polar surface area (TPSA) is 29.0 Å². The van der Waals surface area contributed by atoms with E-state index in [4.69, 9.17) is 0 Å². The number of nitrogens with zero attached hydrogens (tertiary/aromatic N) is 3. The fourth-order valence-electron chi connectivity index (χ4n) is 2.48. The van der Waals surface area contributed by atoms with Crippen molar-refractivity contribution < 1.29 is 0 Å². The van der Waals surface area contributed by atoms with Crippen molar-refractivity contribution in [1.29, 1.82) is 0 Å². The van der Waals surface area contributed by atoms with Crippen molar-refractivity contribution in [2.75, 3.05) is 18.0 Å². The molecular formula is C13H16ClN3.